The maximum absolute atomic E-state index is 14.1. The van der Waals surface area contributed by atoms with Gasteiger partial charge in [-0.2, -0.15) is 35.1 Å². The standard InChI is InChI=1S/C16H8F8N2/c17-13(18)9(7-3-1-5-25-7)11(15(13,21)22)12-10(8-4-2-6-26-8)14(19,20)16(12,23)24/h1-6,25-26H. The van der Waals surface area contributed by atoms with Crippen molar-refractivity contribution in [3.63, 3.8) is 0 Å². The fraction of sp³-hybridized carbons (Fsp3) is 0.250. The molecular weight excluding hydrogens is 372 g/mol. The SMILES string of the molecule is FC1(F)C(C2=C(c3ccc[nH]3)C(F)(F)C2(F)F)=C(c2ccc[nH]2)C1(F)F. The van der Waals surface area contributed by atoms with Gasteiger partial charge >= 0.3 is 23.7 Å². The van der Waals surface area contributed by atoms with Crippen molar-refractivity contribution in [2.24, 2.45) is 0 Å². The second-order valence-corrected chi connectivity index (χ2v) is 5.97. The minimum atomic E-state index is -5.01. The van der Waals surface area contributed by atoms with Crippen LogP contribution in [0.1, 0.15) is 11.4 Å². The van der Waals surface area contributed by atoms with Crippen LogP contribution in [0.4, 0.5) is 35.1 Å². The van der Waals surface area contributed by atoms with Crippen LogP contribution in [0.15, 0.2) is 47.8 Å². The van der Waals surface area contributed by atoms with E-state index in [-0.39, 0.29) is 0 Å². The largest absolute Gasteiger partial charge is 0.361 e. The van der Waals surface area contributed by atoms with Crippen molar-refractivity contribution >= 4 is 11.1 Å². The summed E-state index contributed by atoms with van der Waals surface area (Å²) in [7, 11) is 0. The number of alkyl halides is 8. The number of allylic oxidation sites excluding steroid dienone is 4. The third kappa shape index (κ3) is 1.67. The minimum absolute atomic E-state index is 0.541. The van der Waals surface area contributed by atoms with E-state index in [1.807, 2.05) is 0 Å². The van der Waals surface area contributed by atoms with Gasteiger partial charge in [0, 0.05) is 34.9 Å². The van der Waals surface area contributed by atoms with Crippen LogP contribution in [0.3, 0.4) is 0 Å². The highest BCUT2D eigenvalue weighted by atomic mass is 19.3. The van der Waals surface area contributed by atoms with E-state index in [0.717, 1.165) is 24.5 Å². The van der Waals surface area contributed by atoms with Crippen LogP contribution < -0.4 is 0 Å². The van der Waals surface area contributed by atoms with Gasteiger partial charge in [-0.15, -0.1) is 0 Å². The van der Waals surface area contributed by atoms with Crippen molar-refractivity contribution in [3.8, 4) is 0 Å². The molecule has 0 atom stereocenters. The lowest BCUT2D eigenvalue weighted by atomic mass is 9.65. The Morgan fingerprint density at radius 1 is 0.500 bits per heavy atom. The molecule has 0 saturated carbocycles. The highest BCUT2D eigenvalue weighted by molar-refractivity contribution is 5.95. The summed E-state index contributed by atoms with van der Waals surface area (Å²) in [6, 6.07) is 4.34. The topological polar surface area (TPSA) is 31.6 Å². The van der Waals surface area contributed by atoms with Gasteiger partial charge < -0.3 is 9.97 Å². The lowest BCUT2D eigenvalue weighted by Gasteiger charge is -2.49. The first-order valence-electron chi connectivity index (χ1n) is 7.25. The molecule has 2 N–H and O–H groups in total. The van der Waals surface area contributed by atoms with Gasteiger partial charge in [0.1, 0.15) is 0 Å². The number of hydrogen-bond acceptors (Lipinski definition) is 0. The fourth-order valence-electron chi connectivity index (χ4n) is 3.27. The Bertz CT molecular complexity index is 855. The molecule has 2 heterocycles. The van der Waals surface area contributed by atoms with Crippen LogP contribution in [0.25, 0.3) is 11.1 Å². The molecule has 26 heavy (non-hydrogen) atoms. The predicted octanol–water partition coefficient (Wildman–Crippen LogP) is 5.12. The second-order valence-electron chi connectivity index (χ2n) is 5.97. The second kappa shape index (κ2) is 4.60. The Hall–Kier alpha value is -2.52. The average Bonchev–Trinajstić information content (AvgIpc) is 3.22. The number of nitrogens with one attached hydrogen (secondary N) is 2. The maximum Gasteiger partial charge on any atom is 0.342 e. The van der Waals surface area contributed by atoms with Crippen LogP contribution in [0, 0.1) is 0 Å². The molecule has 0 radical (unpaired) electrons. The average molecular weight is 380 g/mol. The summed E-state index contributed by atoms with van der Waals surface area (Å²) in [5.41, 5.74) is -7.46. The Balaban J connectivity index is 2.06. The van der Waals surface area contributed by atoms with Crippen molar-refractivity contribution in [2.45, 2.75) is 23.7 Å². The van der Waals surface area contributed by atoms with Crippen LogP contribution in [0.2, 0.25) is 0 Å². The first kappa shape index (κ1) is 16.9. The van der Waals surface area contributed by atoms with E-state index in [1.165, 1.54) is 12.1 Å². The lowest BCUT2D eigenvalue weighted by Crippen LogP contribution is -2.61. The molecule has 138 valence electrons. The van der Waals surface area contributed by atoms with E-state index in [9.17, 15) is 35.1 Å². The van der Waals surface area contributed by atoms with E-state index < -0.39 is 57.4 Å². The zero-order chi connectivity index (χ0) is 19.1. The van der Waals surface area contributed by atoms with Gasteiger partial charge in [0.25, 0.3) is 0 Å². The van der Waals surface area contributed by atoms with Gasteiger partial charge in [-0.05, 0) is 24.3 Å². The van der Waals surface area contributed by atoms with Gasteiger partial charge in [0.2, 0.25) is 0 Å². The summed E-state index contributed by atoms with van der Waals surface area (Å²) >= 11 is 0. The summed E-state index contributed by atoms with van der Waals surface area (Å²) in [6.07, 6.45) is 2.25. The molecule has 0 saturated heterocycles. The molecule has 0 unspecified atom stereocenters. The van der Waals surface area contributed by atoms with Gasteiger partial charge in [-0.3, -0.25) is 0 Å². The van der Waals surface area contributed by atoms with Gasteiger partial charge in [0.05, 0.1) is 11.1 Å². The maximum atomic E-state index is 14.1. The number of aromatic nitrogens is 2. The Morgan fingerprint density at radius 3 is 1.08 bits per heavy atom. The molecule has 0 aromatic carbocycles. The Labute approximate surface area is 140 Å². The van der Waals surface area contributed by atoms with E-state index in [0.29, 0.717) is 0 Å². The smallest absolute Gasteiger partial charge is 0.342 e. The molecule has 2 aromatic heterocycles. The zero-order valence-corrected chi connectivity index (χ0v) is 12.5. The van der Waals surface area contributed by atoms with Crippen molar-refractivity contribution in [2.75, 3.05) is 0 Å². The van der Waals surface area contributed by atoms with Crippen molar-refractivity contribution in [1.82, 2.24) is 9.97 Å². The zero-order valence-electron chi connectivity index (χ0n) is 12.5. The summed E-state index contributed by atoms with van der Waals surface area (Å²) in [6.45, 7) is 0. The summed E-state index contributed by atoms with van der Waals surface area (Å²) < 4.78 is 112. The third-order valence-corrected chi connectivity index (χ3v) is 4.53. The van der Waals surface area contributed by atoms with Crippen LogP contribution in [-0.4, -0.2) is 33.7 Å². The lowest BCUT2D eigenvalue weighted by molar-refractivity contribution is -0.191. The van der Waals surface area contributed by atoms with Gasteiger partial charge in [0.15, 0.2) is 0 Å². The molecule has 0 aliphatic heterocycles. The molecule has 10 heteroatoms. The molecule has 2 aliphatic carbocycles. The molecule has 0 fully saturated rings. The summed E-state index contributed by atoms with van der Waals surface area (Å²) in [5.74, 6) is -19.6. The number of halogens is 8. The summed E-state index contributed by atoms with van der Waals surface area (Å²) in [4.78, 5) is 4.46. The number of rotatable bonds is 3. The highest BCUT2D eigenvalue weighted by Gasteiger charge is 2.81. The highest BCUT2D eigenvalue weighted by Crippen LogP contribution is 2.70. The van der Waals surface area contributed by atoms with Gasteiger partial charge in [-0.1, -0.05) is 0 Å². The summed E-state index contributed by atoms with van der Waals surface area (Å²) in [5, 5.41) is 0. The number of hydrogen-bond donors (Lipinski definition) is 2. The van der Waals surface area contributed by atoms with Crippen LogP contribution in [0.5, 0.6) is 0 Å². The van der Waals surface area contributed by atoms with Crippen LogP contribution in [-0.2, 0) is 0 Å². The molecular formula is C16H8F8N2. The first-order valence-corrected chi connectivity index (χ1v) is 7.25. The Kier molecular flexibility index (Phi) is 2.99. The predicted molar refractivity (Wildman–Crippen MR) is 75.2 cm³/mol. The Morgan fingerprint density at radius 2 is 0.808 bits per heavy atom. The molecule has 0 spiro atoms. The molecule has 0 bridgehead atoms. The molecule has 2 nitrogen and oxygen atoms in total. The molecule has 2 aromatic rings. The van der Waals surface area contributed by atoms with E-state index in [2.05, 4.69) is 9.97 Å². The van der Waals surface area contributed by atoms with E-state index in [4.69, 9.17) is 0 Å². The number of aromatic amines is 2. The monoisotopic (exact) mass is 380 g/mol. The van der Waals surface area contributed by atoms with Crippen LogP contribution >= 0.6 is 0 Å². The fourth-order valence-corrected chi connectivity index (χ4v) is 3.27. The van der Waals surface area contributed by atoms with E-state index >= 15 is 0 Å². The number of H-pyrrole nitrogens is 2. The third-order valence-electron chi connectivity index (χ3n) is 4.53. The van der Waals surface area contributed by atoms with Gasteiger partial charge in [-0.25, -0.2) is 0 Å². The molecule has 0 amide bonds. The molecule has 2 aliphatic rings. The molecule has 4 rings (SSSR count). The van der Waals surface area contributed by atoms with Crippen molar-refractivity contribution < 1.29 is 35.1 Å². The normalized spacial score (nSPS) is 25.1. The quantitative estimate of drug-likeness (QED) is 0.693. The minimum Gasteiger partial charge on any atom is -0.361 e. The first-order chi connectivity index (χ1) is 12.0. The van der Waals surface area contributed by atoms with Crippen molar-refractivity contribution in [1.29, 1.82) is 0 Å². The van der Waals surface area contributed by atoms with E-state index in [1.54, 1.807) is 0 Å². The van der Waals surface area contributed by atoms with Crippen molar-refractivity contribution in [3.05, 3.63) is 59.2 Å².